The summed E-state index contributed by atoms with van der Waals surface area (Å²) in [7, 11) is 0. The van der Waals surface area contributed by atoms with E-state index in [1.807, 2.05) is 35.1 Å². The van der Waals surface area contributed by atoms with Crippen molar-refractivity contribution in [2.45, 2.75) is 26.1 Å². The maximum absolute atomic E-state index is 13.5. The zero-order valence-corrected chi connectivity index (χ0v) is 15.4. The molecule has 0 N–H and O–H groups in total. The van der Waals surface area contributed by atoms with Crippen LogP contribution in [0.4, 0.5) is 4.39 Å². The Labute approximate surface area is 158 Å². The number of hydrogen-bond acceptors (Lipinski definition) is 4. The molecule has 1 aliphatic heterocycles. The topological polar surface area (TPSA) is 43.2 Å². The van der Waals surface area contributed by atoms with Crippen molar-refractivity contribution in [2.24, 2.45) is 0 Å². The molecule has 5 nitrogen and oxygen atoms in total. The van der Waals surface area contributed by atoms with Gasteiger partial charge in [-0.1, -0.05) is 18.2 Å². The van der Waals surface area contributed by atoms with Gasteiger partial charge in [0.05, 0.1) is 24.2 Å². The highest BCUT2D eigenvalue weighted by molar-refractivity contribution is 5.59. The number of nitrogens with zero attached hydrogens (tertiary/aromatic N) is 4. The SMILES string of the molecule is CCn1cc(CN2CCOC(c3cccc(-c4cccc(F)c4)n3)C2)cn1. The van der Waals surface area contributed by atoms with Crippen LogP contribution in [0.3, 0.4) is 0 Å². The molecule has 1 aromatic carbocycles. The van der Waals surface area contributed by atoms with Gasteiger partial charge in [0, 0.05) is 43.5 Å². The van der Waals surface area contributed by atoms with E-state index in [4.69, 9.17) is 9.72 Å². The average Bonchev–Trinajstić information content (AvgIpc) is 3.16. The molecule has 0 radical (unpaired) electrons. The van der Waals surface area contributed by atoms with Gasteiger partial charge in [-0.05, 0) is 31.2 Å². The molecular formula is C21H23FN4O. The molecule has 0 spiro atoms. The van der Waals surface area contributed by atoms with Crippen molar-refractivity contribution in [3.63, 3.8) is 0 Å². The van der Waals surface area contributed by atoms with Gasteiger partial charge in [0.2, 0.25) is 0 Å². The fourth-order valence-corrected chi connectivity index (χ4v) is 3.38. The van der Waals surface area contributed by atoms with Crippen molar-refractivity contribution in [3.8, 4) is 11.3 Å². The number of hydrogen-bond donors (Lipinski definition) is 0. The van der Waals surface area contributed by atoms with Crippen LogP contribution in [0.15, 0.2) is 54.9 Å². The zero-order chi connectivity index (χ0) is 18.6. The van der Waals surface area contributed by atoms with Crippen molar-refractivity contribution >= 4 is 0 Å². The molecule has 0 amide bonds. The van der Waals surface area contributed by atoms with Crippen LogP contribution in [-0.4, -0.2) is 39.4 Å². The van der Waals surface area contributed by atoms with Gasteiger partial charge in [0.25, 0.3) is 0 Å². The van der Waals surface area contributed by atoms with Gasteiger partial charge in [0.1, 0.15) is 11.9 Å². The third-order valence-corrected chi connectivity index (χ3v) is 4.79. The van der Waals surface area contributed by atoms with Crippen molar-refractivity contribution in [2.75, 3.05) is 19.7 Å². The quantitative estimate of drug-likeness (QED) is 0.691. The molecule has 3 aromatic rings. The van der Waals surface area contributed by atoms with E-state index in [0.717, 1.165) is 43.1 Å². The van der Waals surface area contributed by atoms with Gasteiger partial charge in [0.15, 0.2) is 0 Å². The van der Waals surface area contributed by atoms with E-state index in [1.165, 1.54) is 17.7 Å². The first-order valence-corrected chi connectivity index (χ1v) is 9.29. The molecule has 1 aliphatic rings. The zero-order valence-electron chi connectivity index (χ0n) is 15.4. The summed E-state index contributed by atoms with van der Waals surface area (Å²) in [6.07, 6.45) is 3.93. The van der Waals surface area contributed by atoms with Crippen LogP contribution in [0.1, 0.15) is 24.3 Å². The van der Waals surface area contributed by atoms with E-state index in [2.05, 4.69) is 23.1 Å². The minimum atomic E-state index is -0.257. The molecule has 3 heterocycles. The van der Waals surface area contributed by atoms with Gasteiger partial charge in [-0.2, -0.15) is 5.10 Å². The highest BCUT2D eigenvalue weighted by Crippen LogP contribution is 2.25. The van der Waals surface area contributed by atoms with Crippen molar-refractivity contribution in [1.82, 2.24) is 19.7 Å². The Morgan fingerprint density at radius 1 is 1.22 bits per heavy atom. The lowest BCUT2D eigenvalue weighted by atomic mass is 10.1. The summed E-state index contributed by atoms with van der Waals surface area (Å²) in [6, 6.07) is 12.4. The molecule has 0 aliphatic carbocycles. The lowest BCUT2D eigenvalue weighted by Gasteiger charge is -2.32. The average molecular weight is 366 g/mol. The Hall–Kier alpha value is -2.57. The van der Waals surface area contributed by atoms with Gasteiger partial charge < -0.3 is 4.74 Å². The molecule has 4 rings (SSSR count). The molecule has 0 saturated carbocycles. The lowest BCUT2D eigenvalue weighted by molar-refractivity contribution is -0.0349. The van der Waals surface area contributed by atoms with E-state index in [-0.39, 0.29) is 11.9 Å². The number of ether oxygens (including phenoxy) is 1. The number of aromatic nitrogens is 3. The monoisotopic (exact) mass is 366 g/mol. The van der Waals surface area contributed by atoms with Gasteiger partial charge in [-0.25, -0.2) is 4.39 Å². The van der Waals surface area contributed by atoms with Crippen LogP contribution in [-0.2, 0) is 17.8 Å². The second kappa shape index (κ2) is 7.98. The van der Waals surface area contributed by atoms with Crippen LogP contribution >= 0.6 is 0 Å². The second-order valence-electron chi connectivity index (χ2n) is 6.76. The van der Waals surface area contributed by atoms with Gasteiger partial charge in [-0.15, -0.1) is 0 Å². The smallest absolute Gasteiger partial charge is 0.123 e. The van der Waals surface area contributed by atoms with Gasteiger partial charge >= 0.3 is 0 Å². The summed E-state index contributed by atoms with van der Waals surface area (Å²) in [4.78, 5) is 7.09. The van der Waals surface area contributed by atoms with Crippen molar-refractivity contribution in [1.29, 1.82) is 0 Å². The lowest BCUT2D eigenvalue weighted by Crippen LogP contribution is -2.38. The maximum Gasteiger partial charge on any atom is 0.123 e. The first-order valence-electron chi connectivity index (χ1n) is 9.29. The van der Waals surface area contributed by atoms with Crippen LogP contribution in [0.5, 0.6) is 0 Å². The van der Waals surface area contributed by atoms with Gasteiger partial charge in [-0.3, -0.25) is 14.6 Å². The summed E-state index contributed by atoms with van der Waals surface area (Å²) in [5, 5.41) is 4.35. The Balaban J connectivity index is 1.48. The molecule has 140 valence electrons. The predicted octanol–water partition coefficient (Wildman–Crippen LogP) is 3.68. The second-order valence-corrected chi connectivity index (χ2v) is 6.76. The molecule has 1 unspecified atom stereocenters. The van der Waals surface area contributed by atoms with E-state index in [1.54, 1.807) is 6.07 Å². The van der Waals surface area contributed by atoms with Crippen LogP contribution in [0.25, 0.3) is 11.3 Å². The molecule has 0 bridgehead atoms. The number of benzene rings is 1. The molecule has 6 heteroatoms. The summed E-state index contributed by atoms with van der Waals surface area (Å²) in [6.45, 7) is 6.14. The fourth-order valence-electron chi connectivity index (χ4n) is 3.38. The Kier molecular flexibility index (Phi) is 5.27. The van der Waals surface area contributed by atoms with Crippen LogP contribution in [0.2, 0.25) is 0 Å². The molecule has 2 aromatic heterocycles. The van der Waals surface area contributed by atoms with Crippen molar-refractivity contribution in [3.05, 3.63) is 71.9 Å². The van der Waals surface area contributed by atoms with E-state index in [9.17, 15) is 4.39 Å². The largest absolute Gasteiger partial charge is 0.369 e. The number of pyridine rings is 1. The molecule has 1 fully saturated rings. The first-order chi connectivity index (χ1) is 13.2. The molecule has 1 atom stereocenters. The Morgan fingerprint density at radius 2 is 2.11 bits per heavy atom. The Morgan fingerprint density at radius 3 is 2.93 bits per heavy atom. The summed E-state index contributed by atoms with van der Waals surface area (Å²) >= 11 is 0. The van der Waals surface area contributed by atoms with E-state index < -0.39 is 0 Å². The highest BCUT2D eigenvalue weighted by atomic mass is 19.1. The minimum absolute atomic E-state index is 0.0894. The standard InChI is InChI=1S/C21H23FN4O/c1-2-26-14-16(12-23-26)13-25-9-10-27-21(15-25)20-8-4-7-19(24-20)17-5-3-6-18(22)11-17/h3-8,11-12,14,21H,2,9-10,13,15H2,1H3. The van der Waals surface area contributed by atoms with Crippen LogP contribution in [0, 0.1) is 5.82 Å². The summed E-state index contributed by atoms with van der Waals surface area (Å²) in [5.41, 5.74) is 3.62. The first kappa shape index (κ1) is 17.8. The third kappa shape index (κ3) is 4.23. The molecule has 1 saturated heterocycles. The minimum Gasteiger partial charge on any atom is -0.369 e. The summed E-state index contributed by atoms with van der Waals surface area (Å²) in [5.74, 6) is -0.257. The maximum atomic E-state index is 13.5. The number of halogens is 1. The summed E-state index contributed by atoms with van der Waals surface area (Å²) < 4.78 is 21.4. The highest BCUT2D eigenvalue weighted by Gasteiger charge is 2.23. The molecular weight excluding hydrogens is 343 g/mol. The fraction of sp³-hybridized carbons (Fsp3) is 0.333. The van der Waals surface area contributed by atoms with E-state index >= 15 is 0 Å². The number of morpholine rings is 1. The predicted molar refractivity (Wildman–Crippen MR) is 102 cm³/mol. The number of rotatable bonds is 5. The van der Waals surface area contributed by atoms with Crippen LogP contribution < -0.4 is 0 Å². The van der Waals surface area contributed by atoms with Crippen molar-refractivity contribution < 1.29 is 9.13 Å². The van der Waals surface area contributed by atoms with E-state index in [0.29, 0.717) is 6.61 Å². The Bertz CT molecular complexity index is 910. The normalized spacial score (nSPS) is 17.9. The third-order valence-electron chi connectivity index (χ3n) is 4.79. The molecule has 27 heavy (non-hydrogen) atoms. The number of aryl methyl sites for hydroxylation is 1.